The van der Waals surface area contributed by atoms with Crippen LogP contribution in [0.5, 0.6) is 0 Å². The van der Waals surface area contributed by atoms with Crippen molar-refractivity contribution in [3.63, 3.8) is 0 Å². The second kappa shape index (κ2) is 8.48. The predicted octanol–water partition coefficient (Wildman–Crippen LogP) is 5.07. The number of rotatable bonds is 2. The first-order valence-corrected chi connectivity index (χ1v) is 9.07. The fourth-order valence-corrected chi connectivity index (χ4v) is 3.06. The third-order valence-corrected chi connectivity index (χ3v) is 5.06. The molecule has 2 atom stereocenters. The maximum atomic E-state index is 12.4. The first-order valence-electron chi connectivity index (χ1n) is 9.07. The molecule has 1 aromatic carbocycles. The van der Waals surface area contributed by atoms with Crippen LogP contribution in [0.4, 0.5) is 0 Å². The minimum Gasteiger partial charge on any atom is -0.454 e. The third kappa shape index (κ3) is 5.57. The molecule has 1 aliphatic carbocycles. The summed E-state index contributed by atoms with van der Waals surface area (Å²) in [6, 6.07) is 9.04. The molecule has 0 radical (unpaired) electrons. The number of allylic oxidation sites excluding steroid dienone is 1. The molecular weight excluding hydrogens is 312 g/mol. The van der Waals surface area contributed by atoms with Crippen molar-refractivity contribution in [3.8, 4) is 0 Å². The van der Waals surface area contributed by atoms with Crippen LogP contribution in [0.3, 0.4) is 0 Å². The van der Waals surface area contributed by atoms with Crippen molar-refractivity contribution >= 4 is 5.97 Å². The molecule has 0 aliphatic heterocycles. The maximum Gasteiger partial charge on any atom is 0.338 e. The molecule has 136 valence electrons. The number of carbonyl (C=O) groups is 1. The molecule has 25 heavy (non-hydrogen) atoms. The van der Waals surface area contributed by atoms with E-state index in [4.69, 9.17) is 4.74 Å². The average Bonchev–Trinajstić information content (AvgIpc) is 2.59. The largest absolute Gasteiger partial charge is 0.454 e. The van der Waals surface area contributed by atoms with Gasteiger partial charge in [0.25, 0.3) is 0 Å². The Bertz CT molecular complexity index is 640. The van der Waals surface area contributed by atoms with Crippen LogP contribution in [-0.4, -0.2) is 23.3 Å². The summed E-state index contributed by atoms with van der Waals surface area (Å²) in [6.45, 7) is 8.23. The lowest BCUT2D eigenvalue weighted by Crippen LogP contribution is -2.29. The number of hydrogen-bond donors (Lipinski definition) is 1. The standard InChI is InChI=1S/C22H30O3/c1-16-9-8-14-22(3,4)20(23)15-17(2)19(13-12-16)25-21(24)18-10-6-5-7-11-18/h5-7,10-12,15,19-20,23H,8-9,13-14H2,1-4H3/b16-12+,17-15-/t19?,20-/m1/s1. The minimum absolute atomic E-state index is 0.195. The van der Waals surface area contributed by atoms with Crippen LogP contribution >= 0.6 is 0 Å². The topological polar surface area (TPSA) is 46.5 Å². The van der Waals surface area contributed by atoms with Gasteiger partial charge in [-0.05, 0) is 56.2 Å². The maximum absolute atomic E-state index is 12.4. The molecule has 0 aromatic heterocycles. The van der Waals surface area contributed by atoms with Gasteiger partial charge in [-0.1, -0.05) is 49.8 Å². The second-order valence-electron chi connectivity index (χ2n) is 7.74. The van der Waals surface area contributed by atoms with Gasteiger partial charge in [-0.15, -0.1) is 0 Å². The Morgan fingerprint density at radius 1 is 1.20 bits per heavy atom. The van der Waals surface area contributed by atoms with E-state index in [1.54, 1.807) is 12.1 Å². The first kappa shape index (κ1) is 19.5. The Kier molecular flexibility index (Phi) is 6.60. The predicted molar refractivity (Wildman–Crippen MR) is 101 cm³/mol. The Balaban J connectivity index is 2.25. The Morgan fingerprint density at radius 3 is 2.56 bits per heavy atom. The Labute approximate surface area is 151 Å². The van der Waals surface area contributed by atoms with Gasteiger partial charge in [-0.25, -0.2) is 4.79 Å². The van der Waals surface area contributed by atoms with E-state index in [0.29, 0.717) is 12.0 Å². The summed E-state index contributed by atoms with van der Waals surface area (Å²) >= 11 is 0. The summed E-state index contributed by atoms with van der Waals surface area (Å²) in [4.78, 5) is 12.4. The zero-order chi connectivity index (χ0) is 18.4. The minimum atomic E-state index is -0.552. The van der Waals surface area contributed by atoms with Crippen LogP contribution < -0.4 is 0 Å². The van der Waals surface area contributed by atoms with E-state index in [-0.39, 0.29) is 17.5 Å². The smallest absolute Gasteiger partial charge is 0.338 e. The Morgan fingerprint density at radius 2 is 1.88 bits per heavy atom. The molecule has 3 nitrogen and oxygen atoms in total. The van der Waals surface area contributed by atoms with E-state index < -0.39 is 6.10 Å². The normalized spacial score (nSPS) is 28.7. The molecule has 3 heteroatoms. The number of ether oxygens (including phenoxy) is 1. The molecule has 0 saturated heterocycles. The quantitative estimate of drug-likeness (QED) is 0.603. The molecule has 0 amide bonds. The Hall–Kier alpha value is -1.87. The number of hydrogen-bond acceptors (Lipinski definition) is 3. The SMILES string of the molecule is C/C1=C/[C@@H](O)C(C)(C)CCC/C(C)=C/CC1OC(=O)c1ccccc1. The first-order chi connectivity index (χ1) is 11.8. The van der Waals surface area contributed by atoms with E-state index in [9.17, 15) is 9.90 Å². The van der Waals surface area contributed by atoms with Crippen molar-refractivity contribution < 1.29 is 14.6 Å². The molecule has 0 saturated carbocycles. The lowest BCUT2D eigenvalue weighted by Gasteiger charge is -2.29. The summed E-state index contributed by atoms with van der Waals surface area (Å²) in [5, 5.41) is 10.6. The zero-order valence-electron chi connectivity index (χ0n) is 15.8. The van der Waals surface area contributed by atoms with Gasteiger partial charge in [0.2, 0.25) is 0 Å². The van der Waals surface area contributed by atoms with E-state index in [0.717, 1.165) is 24.8 Å². The van der Waals surface area contributed by atoms with E-state index in [2.05, 4.69) is 26.8 Å². The highest BCUT2D eigenvalue weighted by Gasteiger charge is 2.27. The summed E-state index contributed by atoms with van der Waals surface area (Å²) in [6.07, 6.45) is 6.76. The monoisotopic (exact) mass is 342 g/mol. The lowest BCUT2D eigenvalue weighted by molar-refractivity contribution is 0.0368. The van der Waals surface area contributed by atoms with Crippen molar-refractivity contribution in [2.24, 2.45) is 5.41 Å². The number of aliphatic hydroxyl groups is 1. The molecule has 1 N–H and O–H groups in total. The molecule has 0 spiro atoms. The van der Waals surface area contributed by atoms with Crippen LogP contribution in [0.1, 0.15) is 63.7 Å². The molecule has 2 rings (SSSR count). The van der Waals surface area contributed by atoms with Crippen LogP contribution in [0.15, 0.2) is 53.6 Å². The van der Waals surface area contributed by atoms with Gasteiger partial charge in [-0.3, -0.25) is 0 Å². The van der Waals surface area contributed by atoms with Gasteiger partial charge in [0.15, 0.2) is 0 Å². The van der Waals surface area contributed by atoms with Crippen molar-refractivity contribution in [2.75, 3.05) is 0 Å². The average molecular weight is 342 g/mol. The van der Waals surface area contributed by atoms with Crippen LogP contribution in [-0.2, 0) is 4.74 Å². The number of benzene rings is 1. The van der Waals surface area contributed by atoms with Gasteiger partial charge in [0.1, 0.15) is 6.10 Å². The number of esters is 1. The van der Waals surface area contributed by atoms with E-state index >= 15 is 0 Å². The fourth-order valence-electron chi connectivity index (χ4n) is 3.06. The van der Waals surface area contributed by atoms with Crippen molar-refractivity contribution in [1.29, 1.82) is 0 Å². The van der Waals surface area contributed by atoms with Gasteiger partial charge in [0.05, 0.1) is 11.7 Å². The number of aliphatic hydroxyl groups excluding tert-OH is 1. The number of carbonyl (C=O) groups excluding carboxylic acids is 1. The summed E-state index contributed by atoms with van der Waals surface area (Å²) < 4.78 is 5.76. The summed E-state index contributed by atoms with van der Waals surface area (Å²) in [7, 11) is 0. The highest BCUT2D eigenvalue weighted by atomic mass is 16.5. The van der Waals surface area contributed by atoms with E-state index in [1.165, 1.54) is 5.57 Å². The molecule has 0 fully saturated rings. The zero-order valence-corrected chi connectivity index (χ0v) is 15.8. The van der Waals surface area contributed by atoms with Crippen molar-refractivity contribution in [3.05, 3.63) is 59.2 Å². The van der Waals surface area contributed by atoms with Crippen LogP contribution in [0, 0.1) is 5.41 Å². The molecule has 0 heterocycles. The molecular formula is C22H30O3. The highest BCUT2D eigenvalue weighted by molar-refractivity contribution is 5.89. The van der Waals surface area contributed by atoms with Crippen molar-refractivity contribution in [2.45, 2.75) is 65.6 Å². The van der Waals surface area contributed by atoms with Gasteiger partial charge in [-0.2, -0.15) is 0 Å². The van der Waals surface area contributed by atoms with Gasteiger partial charge >= 0.3 is 5.97 Å². The molecule has 1 aromatic rings. The van der Waals surface area contributed by atoms with E-state index in [1.807, 2.05) is 31.2 Å². The van der Waals surface area contributed by atoms with Gasteiger partial charge in [0, 0.05) is 6.42 Å². The molecule has 1 unspecified atom stereocenters. The molecule has 0 bridgehead atoms. The third-order valence-electron chi connectivity index (χ3n) is 5.06. The highest BCUT2D eigenvalue weighted by Crippen LogP contribution is 2.31. The van der Waals surface area contributed by atoms with Gasteiger partial charge < -0.3 is 9.84 Å². The fraction of sp³-hybridized carbons (Fsp3) is 0.500. The summed E-state index contributed by atoms with van der Waals surface area (Å²) in [5.74, 6) is -0.326. The lowest BCUT2D eigenvalue weighted by atomic mass is 9.80. The van der Waals surface area contributed by atoms with Crippen LogP contribution in [0.2, 0.25) is 0 Å². The molecule has 1 aliphatic rings. The van der Waals surface area contributed by atoms with Crippen molar-refractivity contribution in [1.82, 2.24) is 0 Å². The second-order valence-corrected chi connectivity index (χ2v) is 7.74. The summed E-state index contributed by atoms with van der Waals surface area (Å²) in [5.41, 5.74) is 2.56. The van der Waals surface area contributed by atoms with Crippen LogP contribution in [0.25, 0.3) is 0 Å².